The number of ether oxygens (including phenoxy) is 2. The van der Waals surface area contributed by atoms with E-state index in [1.54, 1.807) is 12.1 Å². The monoisotopic (exact) mass is 438 g/mol. The summed E-state index contributed by atoms with van der Waals surface area (Å²) < 4.78 is 36.8. The van der Waals surface area contributed by atoms with Crippen molar-refractivity contribution < 1.29 is 22.7 Å². The molecule has 0 spiro atoms. The maximum atomic E-state index is 12.5. The summed E-state index contributed by atoms with van der Waals surface area (Å²) in [5.74, 6) is 0.599. The normalized spacial score (nSPS) is 16.0. The molecule has 0 saturated carbocycles. The number of carbonyl (C=O) groups excluding carboxylic acids is 1. The van der Waals surface area contributed by atoms with Gasteiger partial charge >= 0.3 is 0 Å². The third-order valence-electron chi connectivity index (χ3n) is 4.48. The van der Waals surface area contributed by atoms with E-state index in [0.29, 0.717) is 16.5 Å². The van der Waals surface area contributed by atoms with E-state index in [2.05, 4.69) is 12.2 Å². The molecule has 1 amide bonds. The molecule has 1 aliphatic heterocycles. The van der Waals surface area contributed by atoms with Gasteiger partial charge in [-0.2, -0.15) is 0 Å². The summed E-state index contributed by atoms with van der Waals surface area (Å²) in [5, 5.41) is 3.11. The van der Waals surface area contributed by atoms with E-state index < -0.39 is 22.0 Å². The number of hydrogen-bond donors (Lipinski definition) is 1. The third-order valence-corrected chi connectivity index (χ3v) is 5.87. The second-order valence-electron chi connectivity index (χ2n) is 6.65. The van der Waals surface area contributed by atoms with Crippen molar-refractivity contribution in [1.29, 1.82) is 0 Å². The highest BCUT2D eigenvalue weighted by Gasteiger charge is 2.35. The zero-order valence-electron chi connectivity index (χ0n) is 16.2. The Bertz CT molecular complexity index is 979. The minimum absolute atomic E-state index is 0.128. The Kier molecular flexibility index (Phi) is 6.54. The van der Waals surface area contributed by atoms with E-state index in [1.165, 1.54) is 11.6 Å². The van der Waals surface area contributed by atoms with Gasteiger partial charge in [0.2, 0.25) is 10.0 Å². The first kappa shape index (κ1) is 21.3. The number of anilines is 1. The fourth-order valence-corrected chi connectivity index (χ4v) is 4.03. The lowest BCUT2D eigenvalue weighted by atomic mass is 10.2. The van der Waals surface area contributed by atoms with Crippen LogP contribution < -0.4 is 19.1 Å². The molecule has 1 atom stereocenters. The molecule has 0 saturated heterocycles. The van der Waals surface area contributed by atoms with Crippen LogP contribution in [0.25, 0.3) is 0 Å². The third kappa shape index (κ3) is 5.33. The van der Waals surface area contributed by atoms with E-state index >= 15 is 0 Å². The molecule has 0 fully saturated rings. The minimum Gasteiger partial charge on any atom is -0.492 e. The quantitative estimate of drug-likeness (QED) is 0.672. The molecule has 0 aromatic heterocycles. The van der Waals surface area contributed by atoms with Gasteiger partial charge < -0.3 is 14.8 Å². The zero-order valence-corrected chi connectivity index (χ0v) is 17.8. The van der Waals surface area contributed by atoms with Gasteiger partial charge in [-0.15, -0.1) is 0 Å². The number of halogens is 1. The van der Waals surface area contributed by atoms with Crippen molar-refractivity contribution in [3.05, 3.63) is 53.1 Å². The van der Waals surface area contributed by atoms with Crippen molar-refractivity contribution in [1.82, 2.24) is 5.32 Å². The van der Waals surface area contributed by atoms with Crippen molar-refractivity contribution in [3.63, 3.8) is 0 Å². The van der Waals surface area contributed by atoms with Crippen LogP contribution in [-0.4, -0.2) is 46.4 Å². The summed E-state index contributed by atoms with van der Waals surface area (Å²) in [4.78, 5) is 12.5. The molecule has 7 nitrogen and oxygen atoms in total. The minimum atomic E-state index is -3.60. The summed E-state index contributed by atoms with van der Waals surface area (Å²) in [6.07, 6.45) is 1.06. The smallest absolute Gasteiger partial charge is 0.263 e. The molecule has 1 unspecified atom stereocenters. The maximum absolute atomic E-state index is 12.5. The van der Waals surface area contributed by atoms with Crippen LogP contribution in [0.1, 0.15) is 12.5 Å². The number of nitrogens with zero attached hydrogens (tertiary/aromatic N) is 1. The SMILES string of the molecule is CCc1ccc(OCCNC(=O)C2CN(S(C)(=O)=O)c3cc(Cl)ccc3O2)cc1. The largest absolute Gasteiger partial charge is 0.492 e. The summed E-state index contributed by atoms with van der Waals surface area (Å²) in [6, 6.07) is 12.4. The number of hydrogen-bond acceptors (Lipinski definition) is 5. The topological polar surface area (TPSA) is 84.9 Å². The number of rotatable bonds is 7. The molecule has 0 aliphatic carbocycles. The Hall–Kier alpha value is -2.45. The molecule has 9 heteroatoms. The molecule has 1 heterocycles. The fourth-order valence-electron chi connectivity index (χ4n) is 2.95. The molecule has 1 N–H and O–H groups in total. The van der Waals surface area contributed by atoms with Crippen molar-refractivity contribution in [3.8, 4) is 11.5 Å². The fraction of sp³-hybridized carbons (Fsp3) is 0.350. The molecule has 0 bridgehead atoms. The van der Waals surface area contributed by atoms with Gasteiger partial charge in [-0.05, 0) is 42.3 Å². The molecule has 2 aromatic carbocycles. The average molecular weight is 439 g/mol. The maximum Gasteiger partial charge on any atom is 0.263 e. The van der Waals surface area contributed by atoms with Gasteiger partial charge in [0.15, 0.2) is 6.10 Å². The molecular weight excluding hydrogens is 416 g/mol. The molecule has 3 rings (SSSR count). The lowest BCUT2D eigenvalue weighted by Gasteiger charge is -2.34. The van der Waals surface area contributed by atoms with Crippen LogP contribution in [0.2, 0.25) is 5.02 Å². The van der Waals surface area contributed by atoms with Crippen molar-refractivity contribution in [2.45, 2.75) is 19.4 Å². The second kappa shape index (κ2) is 8.92. The predicted octanol–water partition coefficient (Wildman–Crippen LogP) is 2.62. The van der Waals surface area contributed by atoms with E-state index in [0.717, 1.165) is 22.7 Å². The molecular formula is C20H23ClN2O5S. The van der Waals surface area contributed by atoms with Crippen molar-refractivity contribution >= 4 is 33.2 Å². The first-order chi connectivity index (χ1) is 13.8. The van der Waals surface area contributed by atoms with E-state index in [-0.39, 0.29) is 19.7 Å². The number of nitrogens with one attached hydrogen (secondary N) is 1. The highest BCUT2D eigenvalue weighted by Crippen LogP contribution is 2.37. The molecule has 29 heavy (non-hydrogen) atoms. The van der Waals surface area contributed by atoms with Crippen LogP contribution in [0.15, 0.2) is 42.5 Å². The Balaban J connectivity index is 1.58. The summed E-state index contributed by atoms with van der Waals surface area (Å²) in [5.41, 5.74) is 1.54. The Morgan fingerprint density at radius 1 is 1.28 bits per heavy atom. The lowest BCUT2D eigenvalue weighted by Crippen LogP contribution is -2.51. The second-order valence-corrected chi connectivity index (χ2v) is 8.99. The van der Waals surface area contributed by atoms with Gasteiger partial charge in [-0.1, -0.05) is 30.7 Å². The van der Waals surface area contributed by atoms with Gasteiger partial charge in [-0.25, -0.2) is 8.42 Å². The average Bonchev–Trinajstić information content (AvgIpc) is 2.70. The van der Waals surface area contributed by atoms with Gasteiger partial charge in [0.25, 0.3) is 5.91 Å². The van der Waals surface area contributed by atoms with Gasteiger partial charge in [-0.3, -0.25) is 9.10 Å². The molecule has 2 aromatic rings. The first-order valence-electron chi connectivity index (χ1n) is 9.21. The summed E-state index contributed by atoms with van der Waals surface area (Å²) in [6.45, 7) is 2.50. The number of amides is 1. The summed E-state index contributed by atoms with van der Waals surface area (Å²) in [7, 11) is -3.60. The van der Waals surface area contributed by atoms with E-state index in [4.69, 9.17) is 21.1 Å². The predicted molar refractivity (Wildman–Crippen MR) is 112 cm³/mol. The van der Waals surface area contributed by atoms with E-state index in [9.17, 15) is 13.2 Å². The molecule has 156 valence electrons. The van der Waals surface area contributed by atoms with Crippen LogP contribution in [0.5, 0.6) is 11.5 Å². The van der Waals surface area contributed by atoms with Crippen LogP contribution in [0, 0.1) is 0 Å². The van der Waals surface area contributed by atoms with Gasteiger partial charge in [0.05, 0.1) is 25.0 Å². The Morgan fingerprint density at radius 3 is 2.66 bits per heavy atom. The standard InChI is InChI=1S/C20H23ClN2O5S/c1-3-14-4-7-16(8-5-14)27-11-10-22-20(24)19-13-23(29(2,25)26)17-12-15(21)6-9-18(17)28-19/h4-9,12,19H,3,10-11,13H2,1-2H3,(H,22,24). The number of aryl methyl sites for hydroxylation is 1. The van der Waals surface area contributed by atoms with Crippen LogP contribution in [-0.2, 0) is 21.2 Å². The highest BCUT2D eigenvalue weighted by atomic mass is 35.5. The van der Waals surface area contributed by atoms with Gasteiger partial charge in [0.1, 0.15) is 18.1 Å². The zero-order chi connectivity index (χ0) is 21.0. The van der Waals surface area contributed by atoms with Crippen molar-refractivity contribution in [2.24, 2.45) is 0 Å². The number of carbonyl (C=O) groups is 1. The Morgan fingerprint density at radius 2 is 2.00 bits per heavy atom. The summed E-state index contributed by atoms with van der Waals surface area (Å²) >= 11 is 5.97. The highest BCUT2D eigenvalue weighted by molar-refractivity contribution is 7.92. The Labute approximate surface area is 175 Å². The molecule has 1 aliphatic rings. The lowest BCUT2D eigenvalue weighted by molar-refractivity contribution is -0.127. The van der Waals surface area contributed by atoms with Gasteiger partial charge in [0, 0.05) is 5.02 Å². The van der Waals surface area contributed by atoms with Crippen LogP contribution >= 0.6 is 11.6 Å². The van der Waals surface area contributed by atoms with E-state index in [1.807, 2.05) is 24.3 Å². The molecule has 0 radical (unpaired) electrons. The van der Waals surface area contributed by atoms with Crippen molar-refractivity contribution in [2.75, 3.05) is 30.3 Å². The number of benzene rings is 2. The number of sulfonamides is 1. The van der Waals surface area contributed by atoms with Crippen LogP contribution in [0.4, 0.5) is 5.69 Å². The number of fused-ring (bicyclic) bond motifs is 1. The van der Waals surface area contributed by atoms with Crippen LogP contribution in [0.3, 0.4) is 0 Å². The first-order valence-corrected chi connectivity index (χ1v) is 11.4.